The Morgan fingerprint density at radius 1 is 1.38 bits per heavy atom. The Balaban J connectivity index is 1.82. The maximum absolute atomic E-state index is 13.1. The number of aromatic nitrogens is 1. The van der Waals surface area contributed by atoms with Gasteiger partial charge >= 0.3 is 6.09 Å². The lowest BCUT2D eigenvalue weighted by Crippen LogP contribution is -2.50. The van der Waals surface area contributed by atoms with Gasteiger partial charge in [-0.2, -0.15) is 0 Å². The first-order chi connectivity index (χ1) is 13.5. The average molecular weight is 424 g/mol. The van der Waals surface area contributed by atoms with Crippen molar-refractivity contribution in [1.29, 1.82) is 0 Å². The van der Waals surface area contributed by atoms with Crippen molar-refractivity contribution in [3.63, 3.8) is 0 Å². The Morgan fingerprint density at radius 2 is 2.07 bits per heavy atom. The molecule has 7 nitrogen and oxygen atoms in total. The molecule has 8 heteroatoms. The number of aryl methyl sites for hydroxylation is 1. The van der Waals surface area contributed by atoms with Crippen molar-refractivity contribution >= 4 is 23.3 Å². The lowest BCUT2D eigenvalue weighted by molar-refractivity contribution is -0.00901. The van der Waals surface area contributed by atoms with Crippen molar-refractivity contribution in [3.8, 4) is 0 Å². The number of carbonyl (C=O) groups excluding carboxylic acids is 2. The van der Waals surface area contributed by atoms with Gasteiger partial charge in [-0.1, -0.05) is 19.8 Å². The minimum atomic E-state index is -0.604. The van der Waals surface area contributed by atoms with Crippen LogP contribution in [0.25, 0.3) is 0 Å². The van der Waals surface area contributed by atoms with Gasteiger partial charge in [0.1, 0.15) is 10.5 Å². The van der Waals surface area contributed by atoms with Gasteiger partial charge in [-0.05, 0) is 47.0 Å². The fraction of sp³-hybridized carbons (Fsp3) is 0.762. The maximum Gasteiger partial charge on any atom is 0.410 e. The molecule has 1 aliphatic heterocycles. The van der Waals surface area contributed by atoms with E-state index in [2.05, 4.69) is 17.2 Å². The van der Waals surface area contributed by atoms with Crippen molar-refractivity contribution < 1.29 is 19.4 Å². The Hall–Kier alpha value is -1.67. The molecule has 0 spiro atoms. The number of hydrogen-bond donors (Lipinski definition) is 2. The van der Waals surface area contributed by atoms with Crippen LogP contribution in [-0.2, 0) is 4.74 Å². The lowest BCUT2D eigenvalue weighted by atomic mass is 9.75. The van der Waals surface area contributed by atoms with Crippen LogP contribution >= 0.6 is 11.3 Å². The summed E-state index contributed by atoms with van der Waals surface area (Å²) in [7, 11) is 0. The largest absolute Gasteiger partial charge is 0.444 e. The number of likely N-dealkylation sites (tertiary alicyclic amines) is 1. The summed E-state index contributed by atoms with van der Waals surface area (Å²) >= 11 is 1.31. The molecule has 2 heterocycles. The van der Waals surface area contributed by atoms with Crippen molar-refractivity contribution in [3.05, 3.63) is 16.1 Å². The highest BCUT2D eigenvalue weighted by molar-refractivity contribution is 7.11. The van der Waals surface area contributed by atoms with Crippen molar-refractivity contribution in [2.24, 2.45) is 5.41 Å². The second-order valence-electron chi connectivity index (χ2n) is 9.54. The fourth-order valence-corrected chi connectivity index (χ4v) is 5.44. The van der Waals surface area contributed by atoms with Gasteiger partial charge in [0.25, 0.3) is 5.91 Å². The molecule has 0 unspecified atom stereocenters. The number of fused-ring (bicyclic) bond motifs is 1. The molecule has 4 atom stereocenters. The highest BCUT2D eigenvalue weighted by Crippen LogP contribution is 2.48. The molecule has 0 bridgehead atoms. The van der Waals surface area contributed by atoms with Crippen LogP contribution in [0, 0.1) is 12.3 Å². The van der Waals surface area contributed by atoms with Gasteiger partial charge in [0.05, 0.1) is 23.4 Å². The Morgan fingerprint density at radius 3 is 2.69 bits per heavy atom. The quantitative estimate of drug-likeness (QED) is 0.776. The van der Waals surface area contributed by atoms with E-state index in [0.717, 1.165) is 25.7 Å². The molecule has 0 radical (unpaired) electrons. The lowest BCUT2D eigenvalue weighted by Gasteiger charge is -2.37. The highest BCUT2D eigenvalue weighted by atomic mass is 32.1. The highest BCUT2D eigenvalue weighted by Gasteiger charge is 2.55. The summed E-state index contributed by atoms with van der Waals surface area (Å²) in [6, 6.07) is -0.313. The minimum Gasteiger partial charge on any atom is -0.444 e. The van der Waals surface area contributed by atoms with Crippen LogP contribution in [0.3, 0.4) is 0 Å². The number of thiazole rings is 1. The van der Waals surface area contributed by atoms with Gasteiger partial charge in [-0.25, -0.2) is 9.78 Å². The van der Waals surface area contributed by atoms with Gasteiger partial charge in [-0.3, -0.25) is 9.69 Å². The fourth-order valence-electron chi connectivity index (χ4n) is 4.72. The van der Waals surface area contributed by atoms with E-state index in [4.69, 9.17) is 4.74 Å². The average Bonchev–Trinajstić information content (AvgIpc) is 3.13. The van der Waals surface area contributed by atoms with Crippen molar-refractivity contribution in [1.82, 2.24) is 15.2 Å². The summed E-state index contributed by atoms with van der Waals surface area (Å²) in [5.74, 6) is -0.174. The van der Waals surface area contributed by atoms with Crippen LogP contribution in [0.5, 0.6) is 0 Å². The number of carbonyl (C=O) groups is 2. The molecule has 1 aromatic rings. The number of amides is 2. The summed E-state index contributed by atoms with van der Waals surface area (Å²) in [6.45, 7) is 9.76. The molecular formula is C21H33N3O4S. The zero-order valence-electron chi connectivity index (χ0n) is 18.0. The van der Waals surface area contributed by atoms with E-state index in [1.54, 1.807) is 10.4 Å². The van der Waals surface area contributed by atoms with E-state index in [1.807, 2.05) is 27.7 Å². The normalized spacial score (nSPS) is 29.9. The first-order valence-corrected chi connectivity index (χ1v) is 11.3. The minimum absolute atomic E-state index is 0.0955. The molecule has 0 aromatic carbocycles. The first kappa shape index (κ1) is 22.0. The Kier molecular flexibility index (Phi) is 6.24. The van der Waals surface area contributed by atoms with E-state index in [-0.39, 0.29) is 24.1 Å². The molecule has 1 saturated carbocycles. The molecule has 2 N–H and O–H groups in total. The van der Waals surface area contributed by atoms with Gasteiger partial charge in [0.15, 0.2) is 0 Å². The van der Waals surface area contributed by atoms with E-state index < -0.39 is 17.1 Å². The van der Waals surface area contributed by atoms with Crippen LogP contribution in [-0.4, -0.2) is 57.3 Å². The predicted molar refractivity (Wildman–Crippen MR) is 112 cm³/mol. The van der Waals surface area contributed by atoms with Crippen LogP contribution < -0.4 is 5.32 Å². The predicted octanol–water partition coefficient (Wildman–Crippen LogP) is 3.50. The second kappa shape index (κ2) is 8.22. The van der Waals surface area contributed by atoms with Crippen molar-refractivity contribution in [2.45, 2.75) is 90.5 Å². The molecule has 1 aliphatic carbocycles. The molecule has 29 heavy (non-hydrogen) atoms. The number of nitrogens with zero attached hydrogens (tertiary/aromatic N) is 2. The molecule has 3 rings (SSSR count). The first-order valence-electron chi connectivity index (χ1n) is 10.4. The third kappa shape index (κ3) is 4.58. The third-order valence-corrected chi connectivity index (χ3v) is 7.11. The van der Waals surface area contributed by atoms with Crippen LogP contribution in [0.1, 0.15) is 75.2 Å². The summed E-state index contributed by atoms with van der Waals surface area (Å²) in [5.41, 5.74) is 1.36. The SMILES string of the molecule is Cc1ncsc1C(=O)NC[C@H]1C[C@@]2(C)[C@@H](O)CCCC[C@H]2N1C(=O)OC(C)(C)C. The zero-order chi connectivity index (χ0) is 21.4. The summed E-state index contributed by atoms with van der Waals surface area (Å²) in [5, 5.41) is 13.8. The van der Waals surface area contributed by atoms with Crippen LogP contribution in [0.2, 0.25) is 0 Å². The van der Waals surface area contributed by atoms with Crippen LogP contribution in [0.4, 0.5) is 4.79 Å². The molecule has 1 saturated heterocycles. The van der Waals surface area contributed by atoms with E-state index in [0.29, 0.717) is 23.5 Å². The Bertz CT molecular complexity index is 759. The van der Waals surface area contributed by atoms with E-state index >= 15 is 0 Å². The van der Waals surface area contributed by atoms with Gasteiger partial charge in [-0.15, -0.1) is 11.3 Å². The maximum atomic E-state index is 13.1. The summed E-state index contributed by atoms with van der Waals surface area (Å²) < 4.78 is 5.70. The monoisotopic (exact) mass is 423 g/mol. The molecular weight excluding hydrogens is 390 g/mol. The molecule has 2 aliphatic rings. The number of aliphatic hydroxyl groups is 1. The Labute approximate surface area is 176 Å². The topological polar surface area (TPSA) is 91.8 Å². The number of aliphatic hydroxyl groups excluding tert-OH is 1. The summed E-state index contributed by atoms with van der Waals surface area (Å²) in [6.07, 6.45) is 3.31. The van der Waals surface area contributed by atoms with E-state index in [1.165, 1.54) is 11.3 Å². The molecule has 2 fully saturated rings. The molecule has 162 valence electrons. The molecule has 2 amide bonds. The summed E-state index contributed by atoms with van der Waals surface area (Å²) in [4.78, 5) is 32.2. The number of hydrogen-bond acceptors (Lipinski definition) is 6. The van der Waals surface area contributed by atoms with Gasteiger partial charge < -0.3 is 15.2 Å². The number of rotatable bonds is 3. The third-order valence-electron chi connectivity index (χ3n) is 6.19. The smallest absolute Gasteiger partial charge is 0.410 e. The van der Waals surface area contributed by atoms with Crippen molar-refractivity contribution in [2.75, 3.05) is 6.54 Å². The number of ether oxygens (including phenoxy) is 1. The van der Waals surface area contributed by atoms with Crippen LogP contribution in [0.15, 0.2) is 5.51 Å². The standard InChI is InChI=1S/C21H33N3O4S/c1-13-17(29-12-23-13)18(26)22-11-14-10-21(5)15(8-6-7-9-16(21)25)24(14)19(27)28-20(2,3)4/h12,14-16,25H,6-11H2,1-5H3,(H,22,26)/t14-,15-,16+,21-/m1/s1. The zero-order valence-corrected chi connectivity index (χ0v) is 18.8. The number of nitrogens with one attached hydrogen (secondary N) is 1. The second-order valence-corrected chi connectivity index (χ2v) is 10.4. The van der Waals surface area contributed by atoms with E-state index in [9.17, 15) is 14.7 Å². The van der Waals surface area contributed by atoms with Gasteiger partial charge in [0.2, 0.25) is 0 Å². The van der Waals surface area contributed by atoms with Gasteiger partial charge in [0, 0.05) is 18.0 Å². The molecule has 1 aromatic heterocycles.